The van der Waals surface area contributed by atoms with Gasteiger partial charge < -0.3 is 25.0 Å². The maximum atomic E-state index is 14.6. The van der Waals surface area contributed by atoms with Gasteiger partial charge in [-0.05, 0) is 78.5 Å². The van der Waals surface area contributed by atoms with Crippen LogP contribution in [0.2, 0.25) is 0 Å². The molecule has 0 aliphatic rings. The van der Waals surface area contributed by atoms with Gasteiger partial charge >= 0.3 is 12.1 Å². The molecule has 10 heteroatoms. The second-order valence-electron chi connectivity index (χ2n) is 14.7. The van der Waals surface area contributed by atoms with Crippen LogP contribution in [0.25, 0.3) is 0 Å². The van der Waals surface area contributed by atoms with E-state index < -0.39 is 53.2 Å². The lowest BCUT2D eigenvalue weighted by molar-refractivity contribution is -0.159. The highest BCUT2D eigenvalue weighted by Crippen LogP contribution is 2.28. The minimum absolute atomic E-state index is 0.0131. The van der Waals surface area contributed by atoms with E-state index in [4.69, 9.17) is 9.47 Å². The fourth-order valence-electron chi connectivity index (χ4n) is 5.51. The summed E-state index contributed by atoms with van der Waals surface area (Å²) in [6.07, 6.45) is 5.29. The molecule has 2 aromatic carbocycles. The van der Waals surface area contributed by atoms with Crippen molar-refractivity contribution >= 4 is 36.5 Å². The summed E-state index contributed by atoms with van der Waals surface area (Å²) in [5, 5.41) is 5.65. The van der Waals surface area contributed by atoms with Crippen LogP contribution in [0.3, 0.4) is 0 Å². The van der Waals surface area contributed by atoms with Gasteiger partial charge in [0, 0.05) is 18.7 Å². The fraction of sp³-hybridized carbons (Fsp3) is 0.590. The molecule has 3 unspecified atom stereocenters. The molecule has 0 saturated carbocycles. The SMILES string of the molecule is CCCCCCCCN(C(=O)C(CS)NC(=O)OC(C)(C)C)C(C(=O)NC(Cc1ccccc1)C(=O)OC(C)(C)C)c1ccc(C)cc1C. The molecule has 0 aliphatic heterocycles. The summed E-state index contributed by atoms with van der Waals surface area (Å²) in [6, 6.07) is 11.9. The minimum atomic E-state index is -1.10. The molecular weight excluding hydrogens is 639 g/mol. The van der Waals surface area contributed by atoms with E-state index in [1.165, 1.54) is 4.90 Å². The average Bonchev–Trinajstić information content (AvgIpc) is 2.99. The van der Waals surface area contributed by atoms with E-state index in [2.05, 4.69) is 30.2 Å². The summed E-state index contributed by atoms with van der Waals surface area (Å²) in [4.78, 5) is 57.0. The predicted octanol–water partition coefficient (Wildman–Crippen LogP) is 7.43. The van der Waals surface area contributed by atoms with Gasteiger partial charge in [-0.3, -0.25) is 9.59 Å². The highest BCUT2D eigenvalue weighted by molar-refractivity contribution is 7.80. The largest absolute Gasteiger partial charge is 0.458 e. The van der Waals surface area contributed by atoms with Crippen LogP contribution in [0.1, 0.15) is 115 Å². The van der Waals surface area contributed by atoms with Crippen molar-refractivity contribution in [2.45, 2.75) is 137 Å². The predicted molar refractivity (Wildman–Crippen MR) is 199 cm³/mol. The van der Waals surface area contributed by atoms with Gasteiger partial charge in [-0.1, -0.05) is 93.1 Å². The number of alkyl carbamates (subject to hydrolysis) is 1. The van der Waals surface area contributed by atoms with Crippen LogP contribution < -0.4 is 10.6 Å². The molecule has 9 nitrogen and oxygen atoms in total. The normalized spacial score (nSPS) is 13.5. The number of amides is 3. The number of benzene rings is 2. The Morgan fingerprint density at radius 1 is 0.796 bits per heavy atom. The van der Waals surface area contributed by atoms with Gasteiger partial charge in [0.2, 0.25) is 11.8 Å². The van der Waals surface area contributed by atoms with Gasteiger partial charge in [-0.2, -0.15) is 12.6 Å². The highest BCUT2D eigenvalue weighted by Gasteiger charge is 2.38. The maximum Gasteiger partial charge on any atom is 0.408 e. The summed E-state index contributed by atoms with van der Waals surface area (Å²) in [7, 11) is 0. The molecular formula is C39H59N3O6S. The Balaban J connectivity index is 2.61. The van der Waals surface area contributed by atoms with Crippen molar-refractivity contribution in [3.05, 3.63) is 70.8 Å². The van der Waals surface area contributed by atoms with Crippen LogP contribution in [-0.4, -0.2) is 64.4 Å². The lowest BCUT2D eigenvalue weighted by Crippen LogP contribution is -2.55. The number of rotatable bonds is 17. The third-order valence-electron chi connectivity index (χ3n) is 7.78. The van der Waals surface area contributed by atoms with Crippen LogP contribution >= 0.6 is 12.6 Å². The van der Waals surface area contributed by atoms with E-state index in [0.717, 1.165) is 48.8 Å². The van der Waals surface area contributed by atoms with E-state index >= 15 is 0 Å². The first kappa shape index (κ1) is 41.6. The Labute approximate surface area is 299 Å². The van der Waals surface area contributed by atoms with E-state index in [-0.39, 0.29) is 18.7 Å². The Morgan fingerprint density at radius 3 is 1.98 bits per heavy atom. The average molecular weight is 698 g/mol. The first-order valence-electron chi connectivity index (χ1n) is 17.5. The summed E-state index contributed by atoms with van der Waals surface area (Å²) >= 11 is 4.42. The van der Waals surface area contributed by atoms with Crippen molar-refractivity contribution < 1.29 is 28.7 Å². The van der Waals surface area contributed by atoms with Crippen molar-refractivity contribution in [2.75, 3.05) is 12.3 Å². The Kier molecular flexibility index (Phi) is 16.7. The Morgan fingerprint density at radius 2 is 1.41 bits per heavy atom. The zero-order chi connectivity index (χ0) is 36.8. The van der Waals surface area contributed by atoms with E-state index in [1.807, 2.05) is 62.4 Å². The molecule has 0 bridgehead atoms. The van der Waals surface area contributed by atoms with Gasteiger partial charge in [0.15, 0.2) is 0 Å². The van der Waals surface area contributed by atoms with Gasteiger partial charge in [0.05, 0.1) is 0 Å². The highest BCUT2D eigenvalue weighted by atomic mass is 32.1. The molecule has 49 heavy (non-hydrogen) atoms. The van der Waals surface area contributed by atoms with E-state index in [9.17, 15) is 19.2 Å². The number of unbranched alkanes of at least 4 members (excludes halogenated alkanes) is 5. The van der Waals surface area contributed by atoms with E-state index in [0.29, 0.717) is 12.0 Å². The molecule has 2 N–H and O–H groups in total. The molecule has 0 radical (unpaired) electrons. The van der Waals surface area contributed by atoms with Gasteiger partial charge in [-0.25, -0.2) is 9.59 Å². The number of ether oxygens (including phenoxy) is 2. The second-order valence-corrected chi connectivity index (χ2v) is 15.1. The van der Waals surface area contributed by atoms with Crippen molar-refractivity contribution in [3.8, 4) is 0 Å². The summed E-state index contributed by atoms with van der Waals surface area (Å²) in [5.74, 6) is -1.57. The summed E-state index contributed by atoms with van der Waals surface area (Å²) in [5.41, 5.74) is 1.74. The first-order valence-corrected chi connectivity index (χ1v) is 18.1. The molecule has 3 atom stereocenters. The maximum absolute atomic E-state index is 14.6. The fourth-order valence-corrected chi connectivity index (χ4v) is 5.76. The third kappa shape index (κ3) is 14.9. The topological polar surface area (TPSA) is 114 Å². The number of hydrogen-bond donors (Lipinski definition) is 3. The number of aryl methyl sites for hydroxylation is 2. The number of esters is 1. The summed E-state index contributed by atoms with van der Waals surface area (Å²) < 4.78 is 11.2. The van der Waals surface area contributed by atoms with Crippen molar-refractivity contribution in [1.29, 1.82) is 0 Å². The zero-order valence-electron chi connectivity index (χ0n) is 31.1. The van der Waals surface area contributed by atoms with Crippen molar-refractivity contribution in [2.24, 2.45) is 0 Å². The minimum Gasteiger partial charge on any atom is -0.458 e. The standard InChI is InChI=1S/C39H59N3O6S/c1-10-11-12-13-14-18-23-42(35(44)32(26-49)41-37(46)48-39(7,8)9)33(30-22-21-27(2)24-28(30)3)34(43)40-31(36(45)47-38(4,5)6)25-29-19-16-15-17-20-29/h15-17,19-22,24,31-33,49H,10-14,18,23,25-26H2,1-9H3,(H,40,43)(H,41,46). The molecule has 0 spiro atoms. The first-order chi connectivity index (χ1) is 23.0. The van der Waals surface area contributed by atoms with Crippen molar-refractivity contribution in [3.63, 3.8) is 0 Å². The monoisotopic (exact) mass is 697 g/mol. The number of carbonyl (C=O) groups excluding carboxylic acids is 4. The number of hydrogen-bond acceptors (Lipinski definition) is 7. The number of carbonyl (C=O) groups is 4. The van der Waals surface area contributed by atoms with Crippen LogP contribution in [-0.2, 0) is 30.3 Å². The molecule has 0 aromatic heterocycles. The number of nitrogens with one attached hydrogen (secondary N) is 2. The molecule has 2 rings (SSSR count). The molecule has 0 fully saturated rings. The molecule has 3 amide bonds. The third-order valence-corrected chi connectivity index (χ3v) is 8.14. The van der Waals surface area contributed by atoms with Crippen molar-refractivity contribution in [1.82, 2.24) is 15.5 Å². The van der Waals surface area contributed by atoms with Crippen LogP contribution in [0.15, 0.2) is 48.5 Å². The molecule has 0 heterocycles. The van der Waals surface area contributed by atoms with Crippen LogP contribution in [0, 0.1) is 13.8 Å². The lowest BCUT2D eigenvalue weighted by atomic mass is 9.95. The smallest absolute Gasteiger partial charge is 0.408 e. The van der Waals surface area contributed by atoms with Gasteiger partial charge in [-0.15, -0.1) is 0 Å². The van der Waals surface area contributed by atoms with Gasteiger partial charge in [0.25, 0.3) is 0 Å². The molecule has 0 saturated heterocycles. The molecule has 2 aromatic rings. The van der Waals surface area contributed by atoms with Crippen LogP contribution in [0.4, 0.5) is 4.79 Å². The number of nitrogens with zero attached hydrogens (tertiary/aromatic N) is 1. The zero-order valence-corrected chi connectivity index (χ0v) is 32.0. The van der Waals surface area contributed by atoms with E-state index in [1.54, 1.807) is 41.5 Å². The Hall–Kier alpha value is -3.53. The van der Waals surface area contributed by atoms with Crippen LogP contribution in [0.5, 0.6) is 0 Å². The molecule has 0 aliphatic carbocycles. The molecule has 272 valence electrons. The lowest BCUT2D eigenvalue weighted by Gasteiger charge is -2.36. The second kappa shape index (κ2) is 19.6. The van der Waals surface area contributed by atoms with Gasteiger partial charge in [0.1, 0.15) is 29.3 Å². The quantitative estimate of drug-likeness (QED) is 0.0901. The summed E-state index contributed by atoms with van der Waals surface area (Å²) in [6.45, 7) is 16.8. The number of thiol groups is 1. The Bertz CT molecular complexity index is 1370.